The van der Waals surface area contributed by atoms with E-state index >= 15 is 0 Å². The van der Waals surface area contributed by atoms with Crippen LogP contribution in [0.25, 0.3) is 0 Å². The Morgan fingerprint density at radius 3 is 2.75 bits per heavy atom. The van der Waals surface area contributed by atoms with Crippen LogP contribution in [0.5, 0.6) is 0 Å². The van der Waals surface area contributed by atoms with Gasteiger partial charge in [-0.2, -0.15) is 10.2 Å². The number of rotatable bonds is 9. The molecule has 3 atom stereocenters. The van der Waals surface area contributed by atoms with E-state index in [9.17, 15) is 23.4 Å². The van der Waals surface area contributed by atoms with Crippen molar-refractivity contribution >= 4 is 21.9 Å². The second-order valence-corrected chi connectivity index (χ2v) is 7.69. The number of carbonyl (C=O) groups is 1. The van der Waals surface area contributed by atoms with Crippen LogP contribution in [0.1, 0.15) is 22.6 Å². The fraction of sp³-hybridized carbons (Fsp3) is 0.375. The number of nitrogens with zero attached hydrogens (tertiary/aromatic N) is 3. The number of amides is 1. The summed E-state index contributed by atoms with van der Waals surface area (Å²) in [5.74, 6) is -0.769. The van der Waals surface area contributed by atoms with Crippen molar-refractivity contribution < 1.29 is 27.8 Å². The van der Waals surface area contributed by atoms with Crippen molar-refractivity contribution in [2.24, 2.45) is 0 Å². The van der Waals surface area contributed by atoms with Gasteiger partial charge in [0, 0.05) is 18.3 Å². The number of carbonyl (C=O) groups excluding carboxylic acids is 1. The summed E-state index contributed by atoms with van der Waals surface area (Å²) in [6.07, 6.45) is 0.272. The summed E-state index contributed by atoms with van der Waals surface area (Å²) in [5.41, 5.74) is 0.301. The van der Waals surface area contributed by atoms with Crippen LogP contribution < -0.4 is 10.0 Å². The van der Waals surface area contributed by atoms with Gasteiger partial charge in [0.1, 0.15) is 12.4 Å². The van der Waals surface area contributed by atoms with Crippen molar-refractivity contribution in [2.45, 2.75) is 31.1 Å². The predicted molar refractivity (Wildman–Crippen MR) is 96.4 cm³/mol. The number of nitriles is 1. The van der Waals surface area contributed by atoms with Crippen molar-refractivity contribution in [3.8, 4) is 6.07 Å². The van der Waals surface area contributed by atoms with Crippen LogP contribution in [-0.2, 0) is 16.4 Å². The Morgan fingerprint density at radius 1 is 1.39 bits per heavy atom. The molecule has 0 radical (unpaired) electrons. The SMILES string of the molecule is CS(=O)(=O)Nc1nc(C(=O)NC(Cc2ccccn2)C(O)C(O)CC#N)co1. The van der Waals surface area contributed by atoms with Crippen LogP contribution in [-0.4, -0.2) is 59.0 Å². The van der Waals surface area contributed by atoms with Gasteiger partial charge in [0.25, 0.3) is 5.91 Å². The molecule has 0 aliphatic heterocycles. The van der Waals surface area contributed by atoms with Gasteiger partial charge in [-0.25, -0.2) is 13.1 Å². The van der Waals surface area contributed by atoms with E-state index in [1.165, 1.54) is 6.20 Å². The van der Waals surface area contributed by atoms with Crippen LogP contribution in [0.2, 0.25) is 0 Å². The molecule has 0 bridgehead atoms. The molecule has 11 nitrogen and oxygen atoms in total. The van der Waals surface area contributed by atoms with Gasteiger partial charge < -0.3 is 19.9 Å². The third kappa shape index (κ3) is 6.31. The first kappa shape index (κ1) is 21.3. The van der Waals surface area contributed by atoms with Crippen molar-refractivity contribution in [3.05, 3.63) is 42.0 Å². The number of nitrogens with one attached hydrogen (secondary N) is 2. The van der Waals surface area contributed by atoms with Gasteiger partial charge in [-0.1, -0.05) is 6.07 Å². The second kappa shape index (κ2) is 9.27. The van der Waals surface area contributed by atoms with E-state index in [0.29, 0.717) is 5.69 Å². The molecule has 0 spiro atoms. The zero-order chi connectivity index (χ0) is 20.7. The average Bonchev–Trinajstić information content (AvgIpc) is 3.08. The minimum atomic E-state index is -3.63. The van der Waals surface area contributed by atoms with Gasteiger partial charge in [0.2, 0.25) is 10.0 Å². The fourth-order valence-corrected chi connectivity index (χ4v) is 2.72. The summed E-state index contributed by atoms with van der Waals surface area (Å²) < 4.78 is 29.2. The summed E-state index contributed by atoms with van der Waals surface area (Å²) >= 11 is 0. The third-order valence-corrected chi connectivity index (χ3v) is 4.13. The number of aromatic nitrogens is 2. The molecule has 12 heteroatoms. The summed E-state index contributed by atoms with van der Waals surface area (Å²) in [5, 5.41) is 31.5. The number of anilines is 1. The number of hydrogen-bond donors (Lipinski definition) is 4. The predicted octanol–water partition coefficient (Wildman–Crippen LogP) is -0.582. The molecule has 0 saturated heterocycles. The van der Waals surface area contributed by atoms with Crippen LogP contribution in [0.15, 0.2) is 35.1 Å². The molecule has 0 aliphatic rings. The molecule has 0 aliphatic carbocycles. The highest BCUT2D eigenvalue weighted by Crippen LogP contribution is 2.12. The van der Waals surface area contributed by atoms with Crippen molar-refractivity contribution in [1.29, 1.82) is 5.26 Å². The molecule has 0 saturated carbocycles. The minimum absolute atomic E-state index is 0.0720. The minimum Gasteiger partial charge on any atom is -0.431 e. The van der Waals surface area contributed by atoms with Crippen LogP contribution >= 0.6 is 0 Å². The Morgan fingerprint density at radius 2 is 2.14 bits per heavy atom. The van der Waals surface area contributed by atoms with E-state index in [1.807, 2.05) is 4.72 Å². The first-order valence-electron chi connectivity index (χ1n) is 8.06. The summed E-state index contributed by atoms with van der Waals surface area (Å²) in [4.78, 5) is 20.2. The van der Waals surface area contributed by atoms with Gasteiger partial charge in [-0.3, -0.25) is 9.78 Å². The quantitative estimate of drug-likeness (QED) is 0.421. The molecule has 4 N–H and O–H groups in total. The molecule has 2 aromatic heterocycles. The molecular formula is C16H19N5O6S. The Labute approximate surface area is 161 Å². The molecule has 2 aromatic rings. The number of aliphatic hydroxyl groups excluding tert-OH is 2. The summed E-state index contributed by atoms with van der Waals surface area (Å²) in [6.45, 7) is 0. The molecule has 2 heterocycles. The molecule has 0 fully saturated rings. The van der Waals surface area contributed by atoms with Crippen LogP contribution in [0.4, 0.5) is 6.01 Å². The van der Waals surface area contributed by atoms with E-state index in [2.05, 4.69) is 15.3 Å². The number of oxazole rings is 1. The Balaban J connectivity index is 2.16. The maximum atomic E-state index is 12.4. The average molecular weight is 409 g/mol. The van der Waals surface area contributed by atoms with E-state index in [-0.39, 0.29) is 24.6 Å². The lowest BCUT2D eigenvalue weighted by molar-refractivity contribution is -0.000561. The van der Waals surface area contributed by atoms with Gasteiger partial charge in [-0.15, -0.1) is 0 Å². The molecule has 3 unspecified atom stereocenters. The topological polar surface area (TPSA) is 178 Å². The van der Waals surface area contributed by atoms with Crippen molar-refractivity contribution in [2.75, 3.05) is 11.0 Å². The van der Waals surface area contributed by atoms with Crippen molar-refractivity contribution in [3.63, 3.8) is 0 Å². The smallest absolute Gasteiger partial charge is 0.309 e. The lowest BCUT2D eigenvalue weighted by Gasteiger charge is -2.26. The maximum absolute atomic E-state index is 12.4. The number of pyridine rings is 1. The molecule has 1 amide bonds. The second-order valence-electron chi connectivity index (χ2n) is 5.94. The zero-order valence-corrected chi connectivity index (χ0v) is 15.6. The molecule has 2 rings (SSSR count). The fourth-order valence-electron chi connectivity index (χ4n) is 2.31. The summed E-state index contributed by atoms with van der Waals surface area (Å²) in [6, 6.07) is 5.46. The Bertz CT molecular complexity index is 940. The lowest BCUT2D eigenvalue weighted by Crippen LogP contribution is -2.50. The normalized spacial score (nSPS) is 14.5. The van der Waals surface area contributed by atoms with Gasteiger partial charge in [0.15, 0.2) is 5.69 Å². The van der Waals surface area contributed by atoms with Crippen molar-refractivity contribution in [1.82, 2.24) is 15.3 Å². The highest BCUT2D eigenvalue weighted by molar-refractivity contribution is 7.91. The number of hydrogen-bond acceptors (Lipinski definition) is 9. The first-order valence-corrected chi connectivity index (χ1v) is 9.96. The monoisotopic (exact) mass is 409 g/mol. The van der Waals surface area contributed by atoms with Gasteiger partial charge in [-0.05, 0) is 12.1 Å². The standard InChI is InChI=1S/C16H19N5O6S/c1-28(25,26)21-16-20-12(9-27-16)15(24)19-11(14(23)13(22)5-6-17)8-10-4-2-3-7-18-10/h2-4,7,9,11,13-14,22-23H,5,8H2,1H3,(H,19,24)(H,20,21). The van der Waals surface area contributed by atoms with Gasteiger partial charge in [0.05, 0.1) is 30.9 Å². The molecule has 0 aromatic carbocycles. The largest absolute Gasteiger partial charge is 0.431 e. The van der Waals surface area contributed by atoms with Crippen LogP contribution in [0.3, 0.4) is 0 Å². The van der Waals surface area contributed by atoms with Crippen LogP contribution in [0, 0.1) is 11.3 Å². The highest BCUT2D eigenvalue weighted by atomic mass is 32.2. The Kier molecular flexibility index (Phi) is 7.05. The number of sulfonamides is 1. The lowest BCUT2D eigenvalue weighted by atomic mass is 9.98. The van der Waals surface area contributed by atoms with E-state index in [0.717, 1.165) is 12.5 Å². The molecular weight excluding hydrogens is 390 g/mol. The first-order chi connectivity index (χ1) is 13.2. The molecule has 28 heavy (non-hydrogen) atoms. The Hall–Kier alpha value is -3.01. The van der Waals surface area contributed by atoms with E-state index < -0.39 is 34.2 Å². The molecule has 150 valence electrons. The zero-order valence-electron chi connectivity index (χ0n) is 14.8. The maximum Gasteiger partial charge on any atom is 0.309 e. The third-order valence-electron chi connectivity index (χ3n) is 3.59. The van der Waals surface area contributed by atoms with Gasteiger partial charge >= 0.3 is 6.01 Å². The highest BCUT2D eigenvalue weighted by Gasteiger charge is 2.29. The van der Waals surface area contributed by atoms with E-state index in [1.54, 1.807) is 24.3 Å². The summed E-state index contributed by atoms with van der Waals surface area (Å²) in [7, 11) is -3.63. The van der Waals surface area contributed by atoms with E-state index in [4.69, 9.17) is 9.68 Å². The number of aliphatic hydroxyl groups is 2.